The summed E-state index contributed by atoms with van der Waals surface area (Å²) >= 11 is 0. The van der Waals surface area contributed by atoms with E-state index < -0.39 is 0 Å². The van der Waals surface area contributed by atoms with Crippen molar-refractivity contribution in [3.63, 3.8) is 0 Å². The van der Waals surface area contributed by atoms with Crippen LogP contribution in [0.25, 0.3) is 93.3 Å². The molecule has 0 aliphatic heterocycles. The van der Waals surface area contributed by atoms with Gasteiger partial charge in [-0.15, -0.1) is 0 Å². The molecule has 3 aromatic heterocycles. The van der Waals surface area contributed by atoms with Gasteiger partial charge < -0.3 is 18.3 Å². The first-order chi connectivity index (χ1) is 27.8. The van der Waals surface area contributed by atoms with Crippen LogP contribution in [0.2, 0.25) is 0 Å². The number of benzene rings is 9. The molecule has 0 radical (unpaired) electrons. The summed E-state index contributed by atoms with van der Waals surface area (Å²) in [5, 5.41) is 9.21. The van der Waals surface area contributed by atoms with E-state index in [-0.39, 0.29) is 0 Å². The third kappa shape index (κ3) is 4.60. The van der Waals surface area contributed by atoms with Crippen LogP contribution in [-0.2, 0) is 0 Å². The standard InChI is InChI=1S/C52H32N2O2/c1-2-11-39-34(10-1)22-30-43-51-47(17-9-19-50(51)56-52(39)43)53(36-24-20-33(21-25-36)35-23-31-49-44(32-35)42-14-5-8-18-48(42)55-49)37-26-28-38(29-27-37)54-45-15-6-3-12-40(45)41-13-4-7-16-46(41)54/h1-32H. The molecule has 0 fully saturated rings. The summed E-state index contributed by atoms with van der Waals surface area (Å²) in [6.45, 7) is 0. The molecule has 0 aliphatic carbocycles. The lowest BCUT2D eigenvalue weighted by Gasteiger charge is -2.27. The highest BCUT2D eigenvalue weighted by molar-refractivity contribution is 6.19. The second-order valence-corrected chi connectivity index (χ2v) is 14.5. The second-order valence-electron chi connectivity index (χ2n) is 14.5. The predicted molar refractivity (Wildman–Crippen MR) is 233 cm³/mol. The maximum Gasteiger partial charge on any atom is 0.143 e. The first kappa shape index (κ1) is 30.9. The number of anilines is 3. The van der Waals surface area contributed by atoms with Crippen molar-refractivity contribution >= 4 is 93.5 Å². The number of furan rings is 2. The Labute approximate surface area is 321 Å². The van der Waals surface area contributed by atoms with Crippen molar-refractivity contribution in [3.8, 4) is 16.8 Å². The number of hydrogen-bond donors (Lipinski definition) is 0. The molecule has 0 spiro atoms. The van der Waals surface area contributed by atoms with E-state index in [1.54, 1.807) is 0 Å². The Morgan fingerprint density at radius 3 is 1.75 bits per heavy atom. The Bertz CT molecular complexity index is 3420. The van der Waals surface area contributed by atoms with Crippen LogP contribution in [0.1, 0.15) is 0 Å². The van der Waals surface area contributed by atoms with E-state index in [1.165, 1.54) is 21.8 Å². The fraction of sp³-hybridized carbons (Fsp3) is 0. The van der Waals surface area contributed by atoms with Gasteiger partial charge >= 0.3 is 0 Å². The minimum Gasteiger partial charge on any atom is -0.456 e. The molecule has 0 bridgehead atoms. The summed E-state index contributed by atoms with van der Waals surface area (Å²) in [5.74, 6) is 0. The molecule has 0 saturated carbocycles. The van der Waals surface area contributed by atoms with Crippen LogP contribution in [0, 0.1) is 0 Å². The summed E-state index contributed by atoms with van der Waals surface area (Å²) in [7, 11) is 0. The summed E-state index contributed by atoms with van der Waals surface area (Å²) in [5.41, 5.74) is 12.5. The van der Waals surface area contributed by atoms with Crippen LogP contribution >= 0.6 is 0 Å². The van der Waals surface area contributed by atoms with Gasteiger partial charge in [0, 0.05) is 49.4 Å². The molecule has 0 unspecified atom stereocenters. The monoisotopic (exact) mass is 716 g/mol. The van der Waals surface area contributed by atoms with Gasteiger partial charge in [-0.25, -0.2) is 0 Å². The largest absolute Gasteiger partial charge is 0.456 e. The summed E-state index contributed by atoms with van der Waals surface area (Å²) in [6.07, 6.45) is 0. The average Bonchev–Trinajstić information content (AvgIpc) is 3.94. The van der Waals surface area contributed by atoms with E-state index in [0.29, 0.717) is 0 Å². The van der Waals surface area contributed by atoms with Crippen molar-refractivity contribution < 1.29 is 8.83 Å². The molecule has 0 N–H and O–H groups in total. The van der Waals surface area contributed by atoms with Gasteiger partial charge in [-0.1, -0.05) is 109 Å². The van der Waals surface area contributed by atoms with Crippen LogP contribution in [0.15, 0.2) is 203 Å². The molecule has 4 heteroatoms. The first-order valence-corrected chi connectivity index (χ1v) is 19.0. The lowest BCUT2D eigenvalue weighted by Crippen LogP contribution is -2.10. The Balaban J connectivity index is 1.03. The quantitative estimate of drug-likeness (QED) is 0.178. The highest BCUT2D eigenvalue weighted by Gasteiger charge is 2.21. The van der Waals surface area contributed by atoms with Crippen LogP contribution < -0.4 is 4.90 Å². The van der Waals surface area contributed by atoms with Crippen LogP contribution in [-0.4, -0.2) is 4.57 Å². The number of aromatic nitrogens is 1. The zero-order valence-electron chi connectivity index (χ0n) is 30.2. The van der Waals surface area contributed by atoms with Gasteiger partial charge in [-0.3, -0.25) is 0 Å². The third-order valence-corrected chi connectivity index (χ3v) is 11.4. The van der Waals surface area contributed by atoms with Crippen molar-refractivity contribution in [2.45, 2.75) is 0 Å². The second kappa shape index (κ2) is 12.0. The molecular formula is C52H32N2O2. The highest BCUT2D eigenvalue weighted by Crippen LogP contribution is 2.45. The van der Waals surface area contributed by atoms with Gasteiger partial charge in [0.15, 0.2) is 0 Å². The van der Waals surface area contributed by atoms with Crippen molar-refractivity contribution in [1.82, 2.24) is 4.57 Å². The van der Waals surface area contributed by atoms with E-state index in [9.17, 15) is 0 Å². The smallest absolute Gasteiger partial charge is 0.143 e. The molecule has 0 atom stereocenters. The molecule has 262 valence electrons. The Hall–Kier alpha value is -7.56. The first-order valence-electron chi connectivity index (χ1n) is 19.0. The van der Waals surface area contributed by atoms with Crippen molar-refractivity contribution in [2.24, 2.45) is 0 Å². The molecule has 9 aromatic carbocycles. The van der Waals surface area contributed by atoms with E-state index in [1.807, 2.05) is 12.1 Å². The van der Waals surface area contributed by atoms with Gasteiger partial charge in [-0.2, -0.15) is 0 Å². The zero-order chi connectivity index (χ0) is 36.7. The molecule has 0 aliphatic rings. The van der Waals surface area contributed by atoms with Crippen molar-refractivity contribution in [1.29, 1.82) is 0 Å². The lowest BCUT2D eigenvalue weighted by atomic mass is 10.0. The van der Waals surface area contributed by atoms with Gasteiger partial charge in [-0.05, 0) is 101 Å². The number of fused-ring (bicyclic) bond motifs is 11. The summed E-state index contributed by atoms with van der Waals surface area (Å²) < 4.78 is 15.2. The zero-order valence-corrected chi connectivity index (χ0v) is 30.2. The third-order valence-electron chi connectivity index (χ3n) is 11.4. The van der Waals surface area contributed by atoms with Crippen molar-refractivity contribution in [3.05, 3.63) is 194 Å². The maximum absolute atomic E-state index is 6.68. The van der Waals surface area contributed by atoms with E-state index in [0.717, 1.165) is 88.5 Å². The SMILES string of the molecule is c1ccc2c(c1)ccc1c2oc2cccc(N(c3ccc(-c4ccc5oc6ccccc6c5c4)cc3)c3ccc(-n4c5ccccc5c5ccccc54)cc3)c21. The molecule has 12 rings (SSSR count). The minimum atomic E-state index is 0.859. The number of nitrogens with zero attached hydrogens (tertiary/aromatic N) is 2. The molecular weight excluding hydrogens is 685 g/mol. The van der Waals surface area contributed by atoms with Gasteiger partial charge in [0.2, 0.25) is 0 Å². The number of para-hydroxylation sites is 3. The Kier molecular flexibility index (Phi) is 6.60. The molecule has 12 aromatic rings. The van der Waals surface area contributed by atoms with Crippen molar-refractivity contribution in [2.75, 3.05) is 4.90 Å². The normalized spacial score (nSPS) is 11.9. The molecule has 0 amide bonds. The number of hydrogen-bond acceptors (Lipinski definition) is 3. The Morgan fingerprint density at radius 1 is 0.375 bits per heavy atom. The van der Waals surface area contributed by atoms with Crippen LogP contribution in [0.3, 0.4) is 0 Å². The van der Waals surface area contributed by atoms with E-state index in [2.05, 4.69) is 191 Å². The molecule has 3 heterocycles. The fourth-order valence-electron chi connectivity index (χ4n) is 8.81. The minimum absolute atomic E-state index is 0.859. The van der Waals surface area contributed by atoms with Crippen LogP contribution in [0.4, 0.5) is 17.1 Å². The van der Waals surface area contributed by atoms with Gasteiger partial charge in [0.25, 0.3) is 0 Å². The number of rotatable bonds is 5. The fourth-order valence-corrected chi connectivity index (χ4v) is 8.81. The Morgan fingerprint density at radius 2 is 0.982 bits per heavy atom. The molecule has 56 heavy (non-hydrogen) atoms. The van der Waals surface area contributed by atoms with E-state index in [4.69, 9.17) is 8.83 Å². The predicted octanol–water partition coefficient (Wildman–Crippen LogP) is 14.9. The maximum atomic E-state index is 6.68. The molecule has 4 nitrogen and oxygen atoms in total. The highest BCUT2D eigenvalue weighted by atomic mass is 16.3. The van der Waals surface area contributed by atoms with Gasteiger partial charge in [0.05, 0.1) is 22.1 Å². The van der Waals surface area contributed by atoms with Crippen LogP contribution in [0.5, 0.6) is 0 Å². The topological polar surface area (TPSA) is 34.5 Å². The average molecular weight is 717 g/mol. The summed E-state index contributed by atoms with van der Waals surface area (Å²) in [4.78, 5) is 2.36. The summed E-state index contributed by atoms with van der Waals surface area (Å²) in [6, 6.07) is 69.1. The lowest BCUT2D eigenvalue weighted by molar-refractivity contribution is 0.669. The molecule has 0 saturated heterocycles. The van der Waals surface area contributed by atoms with E-state index >= 15 is 0 Å². The van der Waals surface area contributed by atoms with Gasteiger partial charge in [0.1, 0.15) is 22.3 Å².